The molecule has 0 aromatic rings. The summed E-state index contributed by atoms with van der Waals surface area (Å²) >= 11 is 0. The molecule has 0 bridgehead atoms. The number of rotatable bonds is 2. The van der Waals surface area contributed by atoms with Crippen LogP contribution < -0.4 is 0 Å². The highest BCUT2D eigenvalue weighted by Crippen LogP contribution is 2.24. The van der Waals surface area contributed by atoms with Crippen molar-refractivity contribution in [3.63, 3.8) is 0 Å². The van der Waals surface area contributed by atoms with Gasteiger partial charge in [-0.2, -0.15) is 4.21 Å². The second-order valence-corrected chi connectivity index (χ2v) is 6.21. The van der Waals surface area contributed by atoms with Gasteiger partial charge in [-0.1, -0.05) is 13.8 Å². The van der Waals surface area contributed by atoms with Crippen LogP contribution in [0.5, 0.6) is 0 Å². The van der Waals surface area contributed by atoms with Crippen LogP contribution in [-0.4, -0.2) is 19.9 Å². The van der Waals surface area contributed by atoms with Crippen molar-refractivity contribution in [3.8, 4) is 0 Å². The topological polar surface area (TPSA) is 38.5 Å². The van der Waals surface area contributed by atoms with Gasteiger partial charge in [-0.15, -0.1) is 0 Å². The molecule has 0 aromatic carbocycles. The van der Waals surface area contributed by atoms with Crippen molar-refractivity contribution in [1.29, 1.82) is 0 Å². The quantitative estimate of drug-likeness (QED) is 0.591. The predicted molar refractivity (Wildman–Crippen MR) is 47.4 cm³/mol. The van der Waals surface area contributed by atoms with E-state index >= 15 is 0 Å². The van der Waals surface area contributed by atoms with Gasteiger partial charge in [0.1, 0.15) is 0 Å². The molecule has 1 aliphatic heterocycles. The maximum atomic E-state index is 11.1. The van der Waals surface area contributed by atoms with Crippen molar-refractivity contribution >= 4 is 9.84 Å². The van der Waals surface area contributed by atoms with Crippen molar-refractivity contribution in [2.24, 2.45) is 11.8 Å². The molecule has 2 unspecified atom stereocenters. The number of hydrogen-bond donors (Lipinski definition) is 0. The average Bonchev–Trinajstić information content (AvgIpc) is 2.08. The second-order valence-electron chi connectivity index (χ2n) is 3.93. The van der Waals surface area contributed by atoms with Crippen LogP contribution in [-0.2, 0) is 9.84 Å². The third-order valence-electron chi connectivity index (χ3n) is 2.15. The van der Waals surface area contributed by atoms with Gasteiger partial charge in [0.05, 0.1) is 11.5 Å². The van der Waals surface area contributed by atoms with Crippen LogP contribution in [0.2, 0.25) is 0 Å². The monoisotopic (exact) mass is 177 g/mol. The van der Waals surface area contributed by atoms with E-state index in [0.717, 1.165) is 12.8 Å². The summed E-state index contributed by atoms with van der Waals surface area (Å²) in [5, 5.41) is 0. The van der Waals surface area contributed by atoms with Crippen molar-refractivity contribution < 1.29 is 8.42 Å². The van der Waals surface area contributed by atoms with Gasteiger partial charge < -0.3 is 0 Å². The highest BCUT2D eigenvalue weighted by Gasteiger charge is 2.32. The molecule has 2 atom stereocenters. The standard InChI is InChI=1S/C8H16O2S/c1-7(2)5-8-3-4-11(9,10)6-8/h7-8H,3-6H2,1-2H3/p+1. The van der Waals surface area contributed by atoms with Crippen LogP contribution in [0.3, 0.4) is 0 Å². The van der Waals surface area contributed by atoms with Crippen LogP contribution in [0.1, 0.15) is 26.7 Å². The SMILES string of the molecule is CC(C)CC1CCS(=O)(=[OH+])C1. The van der Waals surface area contributed by atoms with Crippen LogP contribution in [0.15, 0.2) is 0 Å². The van der Waals surface area contributed by atoms with Crippen LogP contribution in [0.4, 0.5) is 0 Å². The Kier molecular flexibility index (Phi) is 2.58. The summed E-state index contributed by atoms with van der Waals surface area (Å²) in [4.78, 5) is 0. The third kappa shape index (κ3) is 2.81. The Balaban J connectivity index is 2.43. The maximum Gasteiger partial charge on any atom is 0.273 e. The van der Waals surface area contributed by atoms with Gasteiger partial charge in [0.25, 0.3) is 9.84 Å². The molecule has 2 nitrogen and oxygen atoms in total. The molecule has 0 saturated carbocycles. The van der Waals surface area contributed by atoms with Gasteiger partial charge in [-0.05, 0) is 24.7 Å². The minimum absolute atomic E-state index is 0.507. The molecule has 0 amide bonds. The molecule has 0 radical (unpaired) electrons. The minimum Gasteiger partial charge on any atom is -0.228 e. The first kappa shape index (κ1) is 9.04. The first-order chi connectivity index (χ1) is 4.99. The van der Waals surface area contributed by atoms with E-state index in [-0.39, 0.29) is 0 Å². The Morgan fingerprint density at radius 2 is 2.27 bits per heavy atom. The molecule has 1 fully saturated rings. The molecule has 11 heavy (non-hydrogen) atoms. The van der Waals surface area contributed by atoms with Crippen LogP contribution >= 0.6 is 0 Å². The lowest BCUT2D eigenvalue weighted by atomic mass is 9.97. The summed E-state index contributed by atoms with van der Waals surface area (Å²) in [6.45, 7) is 4.33. The first-order valence-corrected chi connectivity index (χ1v) is 6.07. The zero-order valence-electron chi connectivity index (χ0n) is 7.25. The lowest BCUT2D eigenvalue weighted by Gasteiger charge is -2.08. The van der Waals surface area contributed by atoms with Gasteiger partial charge >= 0.3 is 0 Å². The van der Waals surface area contributed by atoms with E-state index in [0.29, 0.717) is 23.3 Å². The molecule has 1 N–H and O–H groups in total. The normalized spacial score (nSPS) is 38.3. The minimum atomic E-state index is -2.39. The van der Waals surface area contributed by atoms with Crippen molar-refractivity contribution in [2.75, 3.05) is 11.5 Å². The Bertz CT molecular complexity index is 216. The molecule has 1 saturated heterocycles. The van der Waals surface area contributed by atoms with Crippen molar-refractivity contribution in [2.45, 2.75) is 26.7 Å². The third-order valence-corrected chi connectivity index (χ3v) is 4.01. The lowest BCUT2D eigenvalue weighted by Crippen LogP contribution is -2.06. The summed E-state index contributed by atoms with van der Waals surface area (Å²) < 4.78 is 20.3. The molecule has 0 aliphatic carbocycles. The van der Waals surface area contributed by atoms with Gasteiger partial charge in [0.2, 0.25) is 0 Å². The molecule has 66 valence electrons. The fourth-order valence-corrected chi connectivity index (χ4v) is 3.65. The fourth-order valence-electron chi connectivity index (χ4n) is 1.74. The van der Waals surface area contributed by atoms with E-state index in [2.05, 4.69) is 13.8 Å². The molecule has 3 heteroatoms. The van der Waals surface area contributed by atoms with Crippen LogP contribution in [0.25, 0.3) is 0 Å². The molecule has 1 heterocycles. The van der Waals surface area contributed by atoms with Crippen molar-refractivity contribution in [3.05, 3.63) is 0 Å². The van der Waals surface area contributed by atoms with E-state index in [9.17, 15) is 8.42 Å². The van der Waals surface area contributed by atoms with E-state index in [1.165, 1.54) is 0 Å². The average molecular weight is 177 g/mol. The molecule has 1 rings (SSSR count). The highest BCUT2D eigenvalue weighted by molar-refractivity contribution is 7.91. The van der Waals surface area contributed by atoms with Gasteiger partial charge in [-0.25, -0.2) is 4.21 Å². The predicted octanol–water partition coefficient (Wildman–Crippen LogP) is 1.62. The van der Waals surface area contributed by atoms with Gasteiger partial charge in [-0.3, -0.25) is 0 Å². The molecule has 0 spiro atoms. The zero-order chi connectivity index (χ0) is 8.48. The number of hydrogen-bond acceptors (Lipinski definition) is 1. The summed E-state index contributed by atoms with van der Waals surface area (Å²) in [5.74, 6) is 2.25. The van der Waals surface area contributed by atoms with Crippen molar-refractivity contribution in [1.82, 2.24) is 0 Å². The lowest BCUT2D eigenvalue weighted by molar-refractivity contribution is 0.446. The van der Waals surface area contributed by atoms with E-state index in [4.69, 9.17) is 0 Å². The highest BCUT2D eigenvalue weighted by atomic mass is 32.2. The Labute approximate surface area is 68.9 Å². The molecular weight excluding hydrogens is 160 g/mol. The Hall–Kier alpha value is -0.0500. The second kappa shape index (κ2) is 3.13. The summed E-state index contributed by atoms with van der Waals surface area (Å²) in [5.41, 5.74) is 0. The Morgan fingerprint density at radius 3 is 2.64 bits per heavy atom. The van der Waals surface area contributed by atoms with Gasteiger partial charge in [0, 0.05) is 0 Å². The Morgan fingerprint density at radius 1 is 1.64 bits per heavy atom. The molecular formula is C8H17O2S+. The molecule has 1 aliphatic rings. The zero-order valence-corrected chi connectivity index (χ0v) is 8.06. The van der Waals surface area contributed by atoms with E-state index in [1.54, 1.807) is 0 Å². The van der Waals surface area contributed by atoms with E-state index in [1.807, 2.05) is 0 Å². The van der Waals surface area contributed by atoms with E-state index < -0.39 is 9.84 Å². The van der Waals surface area contributed by atoms with Crippen LogP contribution in [0, 0.1) is 11.8 Å². The smallest absolute Gasteiger partial charge is 0.228 e. The summed E-state index contributed by atoms with van der Waals surface area (Å²) in [6, 6.07) is 0. The largest absolute Gasteiger partial charge is 0.273 e. The first-order valence-electron chi connectivity index (χ1n) is 4.21. The summed E-state index contributed by atoms with van der Waals surface area (Å²) in [7, 11) is -2.39. The summed E-state index contributed by atoms with van der Waals surface area (Å²) in [6.07, 6.45) is 2.06. The maximum absolute atomic E-state index is 11.1. The van der Waals surface area contributed by atoms with Gasteiger partial charge in [0.15, 0.2) is 0 Å². The molecule has 0 aromatic heterocycles. The fraction of sp³-hybridized carbons (Fsp3) is 1.00.